The minimum absolute atomic E-state index is 0.0397. The second-order valence-corrected chi connectivity index (χ2v) is 12.4. The number of rotatable bonds is 9. The average molecular weight is 580 g/mol. The summed E-state index contributed by atoms with van der Waals surface area (Å²) in [6.07, 6.45) is 4.42. The van der Waals surface area contributed by atoms with Gasteiger partial charge < -0.3 is 9.47 Å². The number of hydrogen-bond acceptors (Lipinski definition) is 11. The molecule has 0 N–H and O–H groups in total. The number of ether oxygens (including phenoxy) is 2. The second-order valence-electron chi connectivity index (χ2n) is 9.18. The molecule has 0 unspecified atom stereocenters. The van der Waals surface area contributed by atoms with E-state index in [1.807, 2.05) is 19.9 Å². The molecule has 13 nitrogen and oxygen atoms in total. The minimum atomic E-state index is -3.67. The Bertz CT molecular complexity index is 1170. The van der Waals surface area contributed by atoms with Gasteiger partial charge in [-0.25, -0.2) is 9.59 Å². The Morgan fingerprint density at radius 2 is 1.29 bits per heavy atom. The molecule has 0 aromatic heterocycles. The van der Waals surface area contributed by atoms with Gasteiger partial charge >= 0.3 is 11.9 Å². The summed E-state index contributed by atoms with van der Waals surface area (Å²) in [5.41, 5.74) is 9.29. The summed E-state index contributed by atoms with van der Waals surface area (Å²) in [5.74, 6) is -1.19. The van der Waals surface area contributed by atoms with Crippen LogP contribution in [0.2, 0.25) is 0 Å². The van der Waals surface area contributed by atoms with E-state index in [1.165, 1.54) is 6.08 Å². The molecular weight excluding hydrogens is 542 g/mol. The molecule has 0 aliphatic heterocycles. The first-order valence-electron chi connectivity index (χ1n) is 12.1. The summed E-state index contributed by atoms with van der Waals surface area (Å²) in [4.78, 5) is 26.1. The van der Waals surface area contributed by atoms with Crippen LogP contribution in [0.1, 0.15) is 47.5 Å². The predicted molar refractivity (Wildman–Crippen MR) is 139 cm³/mol. The van der Waals surface area contributed by atoms with Crippen LogP contribution in [-0.4, -0.2) is 72.7 Å². The van der Waals surface area contributed by atoms with Crippen LogP contribution in [0.3, 0.4) is 0 Å². The fraction of sp³-hybridized carbons (Fsp3) is 0.739. The van der Waals surface area contributed by atoms with Crippen LogP contribution >= 0.6 is 0 Å². The molecule has 0 amide bonds. The Kier molecular flexibility index (Phi) is 12.9. The first-order chi connectivity index (χ1) is 17.5. The second kappa shape index (κ2) is 14.6. The number of esters is 2. The molecule has 0 radical (unpaired) electrons. The third-order valence-electron chi connectivity index (χ3n) is 6.08. The van der Waals surface area contributed by atoms with Crippen LogP contribution in [0, 0.1) is 17.8 Å². The van der Waals surface area contributed by atoms with Gasteiger partial charge in [0, 0.05) is 28.9 Å². The summed E-state index contributed by atoms with van der Waals surface area (Å²) in [5, 5.41) is 3.56. The van der Waals surface area contributed by atoms with E-state index in [2.05, 4.69) is 10.0 Å². The maximum absolute atomic E-state index is 11.7. The van der Waals surface area contributed by atoms with Gasteiger partial charge in [-0.05, 0) is 37.1 Å². The highest BCUT2D eigenvalue weighted by molar-refractivity contribution is 7.86. The van der Waals surface area contributed by atoms with E-state index < -0.39 is 50.4 Å². The monoisotopic (exact) mass is 579 g/mol. The highest BCUT2D eigenvalue weighted by atomic mass is 32.2. The molecule has 38 heavy (non-hydrogen) atoms. The van der Waals surface area contributed by atoms with Crippen molar-refractivity contribution in [2.24, 2.45) is 22.9 Å². The van der Waals surface area contributed by atoms with E-state index in [9.17, 15) is 26.4 Å². The van der Waals surface area contributed by atoms with Gasteiger partial charge in [0.1, 0.15) is 0 Å². The van der Waals surface area contributed by atoms with Crippen LogP contribution in [0.4, 0.5) is 0 Å². The molecule has 0 aromatic rings. The van der Waals surface area contributed by atoms with Gasteiger partial charge in [-0.3, -0.25) is 8.37 Å². The zero-order chi connectivity index (χ0) is 29.3. The van der Waals surface area contributed by atoms with Gasteiger partial charge in [-0.15, -0.1) is 0 Å². The zero-order valence-corrected chi connectivity index (χ0v) is 24.3. The topological polar surface area (TPSA) is 188 Å². The molecule has 2 aliphatic rings. The molecule has 2 rings (SSSR count). The number of carbonyl (C=O) groups excluding carboxylic acids is 2. The molecule has 0 aromatic carbocycles. The molecule has 0 bridgehead atoms. The normalized spacial score (nSPS) is 27.4. The van der Waals surface area contributed by atoms with Crippen molar-refractivity contribution < 1.29 is 44.3 Å². The van der Waals surface area contributed by atoms with E-state index in [0.29, 0.717) is 12.2 Å². The van der Waals surface area contributed by atoms with Crippen LogP contribution in [0.5, 0.6) is 0 Å². The fourth-order valence-corrected chi connectivity index (χ4v) is 5.35. The fourth-order valence-electron chi connectivity index (χ4n) is 3.97. The van der Waals surface area contributed by atoms with Gasteiger partial charge in [0.05, 0.1) is 44.0 Å². The Hall–Kier alpha value is -2.45. The van der Waals surface area contributed by atoms with E-state index in [4.69, 9.17) is 23.4 Å². The first kappa shape index (κ1) is 33.6. The van der Waals surface area contributed by atoms with Crippen molar-refractivity contribution in [1.82, 2.24) is 0 Å². The van der Waals surface area contributed by atoms with Crippen molar-refractivity contribution in [3.8, 4) is 0 Å². The number of hydrogen-bond donors (Lipinski definition) is 0. The predicted octanol–water partition coefficient (Wildman–Crippen LogP) is 3.04. The summed E-state index contributed by atoms with van der Waals surface area (Å²) in [6, 6.07) is -0.653. The molecular formula is C23H37N3O10S2. The summed E-state index contributed by atoms with van der Waals surface area (Å²) < 4.78 is 64.7. The molecule has 0 saturated heterocycles. The van der Waals surface area contributed by atoms with E-state index in [1.54, 1.807) is 20.8 Å². The molecule has 2 aliphatic carbocycles. The van der Waals surface area contributed by atoms with Gasteiger partial charge in [0.15, 0.2) is 0 Å². The average Bonchev–Trinajstić information content (AvgIpc) is 2.78. The Labute approximate surface area is 224 Å². The highest BCUT2D eigenvalue weighted by Crippen LogP contribution is 2.32. The number of nitrogens with zero attached hydrogens (tertiary/aromatic N) is 3. The van der Waals surface area contributed by atoms with E-state index in [-0.39, 0.29) is 42.8 Å². The maximum atomic E-state index is 11.7. The molecule has 0 fully saturated rings. The van der Waals surface area contributed by atoms with Gasteiger partial charge in [0.2, 0.25) is 0 Å². The molecule has 6 atom stereocenters. The molecule has 0 spiro atoms. The third kappa shape index (κ3) is 11.1. The van der Waals surface area contributed by atoms with E-state index >= 15 is 0 Å². The minimum Gasteiger partial charge on any atom is -0.463 e. The van der Waals surface area contributed by atoms with Crippen molar-refractivity contribution in [3.63, 3.8) is 0 Å². The van der Waals surface area contributed by atoms with Gasteiger partial charge in [0.25, 0.3) is 20.2 Å². The van der Waals surface area contributed by atoms with Crippen LogP contribution in [0.15, 0.2) is 28.4 Å². The van der Waals surface area contributed by atoms with Crippen molar-refractivity contribution in [2.75, 3.05) is 25.7 Å². The lowest BCUT2D eigenvalue weighted by Gasteiger charge is -2.31. The Morgan fingerprint density at radius 1 is 0.868 bits per heavy atom. The smallest absolute Gasteiger partial charge is 0.333 e. The summed E-state index contributed by atoms with van der Waals surface area (Å²) in [7, 11) is -7.19. The summed E-state index contributed by atoms with van der Waals surface area (Å²) in [6.45, 7) is 9.46. The first-order valence-corrected chi connectivity index (χ1v) is 15.7. The van der Waals surface area contributed by atoms with Crippen molar-refractivity contribution in [1.29, 1.82) is 0 Å². The highest BCUT2D eigenvalue weighted by Gasteiger charge is 2.35. The molecule has 0 saturated carbocycles. The number of carbonyl (C=O) groups is 2. The zero-order valence-electron chi connectivity index (χ0n) is 22.7. The van der Waals surface area contributed by atoms with Crippen LogP contribution in [-0.2, 0) is 47.7 Å². The number of allylic oxidation sites excluding steroid dienone is 1. The number of azide groups is 1. The van der Waals surface area contributed by atoms with Gasteiger partial charge in [-0.1, -0.05) is 38.0 Å². The molecule has 15 heteroatoms. The Morgan fingerprint density at radius 3 is 1.68 bits per heavy atom. The van der Waals surface area contributed by atoms with Crippen molar-refractivity contribution >= 4 is 32.2 Å². The lowest BCUT2D eigenvalue weighted by atomic mass is 9.81. The Balaban J connectivity index is 0.000000382. The molecule has 0 heterocycles. The van der Waals surface area contributed by atoms with Gasteiger partial charge in [-0.2, -0.15) is 16.8 Å². The van der Waals surface area contributed by atoms with Crippen LogP contribution in [0.25, 0.3) is 10.4 Å². The maximum Gasteiger partial charge on any atom is 0.333 e. The van der Waals surface area contributed by atoms with Crippen LogP contribution < -0.4 is 0 Å². The molecule has 216 valence electrons. The van der Waals surface area contributed by atoms with Crippen molar-refractivity contribution in [2.45, 2.75) is 65.7 Å². The van der Waals surface area contributed by atoms with Crippen molar-refractivity contribution in [3.05, 3.63) is 33.7 Å². The largest absolute Gasteiger partial charge is 0.463 e. The lowest BCUT2D eigenvalue weighted by Crippen LogP contribution is -2.36. The third-order valence-corrected chi connectivity index (χ3v) is 7.27. The summed E-state index contributed by atoms with van der Waals surface area (Å²) >= 11 is 0. The lowest BCUT2D eigenvalue weighted by molar-refractivity contribution is -0.140. The quantitative estimate of drug-likeness (QED) is 0.129. The standard InChI is InChI=1S/C12H20O5S.C11H17N3O5S/c1-5-16-12(13)10-6-8(2)9(3)11(7-10)17-18(4,14)15;1-4-18-11(15)8-5-9(13-14-12)7(2)10(6-8)19-20(3,16)17/h6,8-9,11H,5,7H2,1-4H3;5,7,9-10H,4,6H2,1-3H3/t8-,9-,11-;7-,9+,10-/m11/s1. The van der Waals surface area contributed by atoms with E-state index in [0.717, 1.165) is 12.5 Å². The SMILES string of the molecule is CCOC(=O)C1=C[C@@H](C)[C@@H](C)[C@H](OS(C)(=O)=O)C1.CCOC(=O)C1=C[C@H](N=[N+]=[N-])[C@@H](C)[C@H](OS(C)(=O)=O)C1.